The molecule has 0 saturated carbocycles. The van der Waals surface area contributed by atoms with Gasteiger partial charge in [-0.05, 0) is 42.8 Å². The van der Waals surface area contributed by atoms with Crippen LogP contribution >= 0.6 is 23.2 Å². The minimum Gasteiger partial charge on any atom is -0.321 e. The number of anilines is 1. The van der Waals surface area contributed by atoms with Gasteiger partial charge in [-0.2, -0.15) is 5.26 Å². The summed E-state index contributed by atoms with van der Waals surface area (Å²) in [6.45, 7) is 1.77. The number of carbonyl (C=O) groups excluding carboxylic acids is 1. The van der Waals surface area contributed by atoms with E-state index in [2.05, 4.69) is 5.32 Å². The highest BCUT2D eigenvalue weighted by atomic mass is 35.5. The molecule has 0 aliphatic heterocycles. The van der Waals surface area contributed by atoms with E-state index in [1.54, 1.807) is 37.3 Å². The third kappa shape index (κ3) is 2.93. The van der Waals surface area contributed by atoms with Crippen LogP contribution in [0.3, 0.4) is 0 Å². The molecule has 0 aliphatic rings. The molecule has 0 radical (unpaired) electrons. The van der Waals surface area contributed by atoms with Crippen molar-refractivity contribution in [2.24, 2.45) is 0 Å². The molecule has 100 valence electrons. The van der Waals surface area contributed by atoms with E-state index >= 15 is 0 Å². The van der Waals surface area contributed by atoms with Crippen LogP contribution in [-0.4, -0.2) is 5.91 Å². The molecule has 0 heterocycles. The predicted octanol–water partition coefficient (Wildman–Crippen LogP) is 4.43. The molecular formula is C15H10Cl2N2O. The molecule has 0 unspecified atom stereocenters. The lowest BCUT2D eigenvalue weighted by Crippen LogP contribution is -2.14. The van der Waals surface area contributed by atoms with Gasteiger partial charge in [0.1, 0.15) is 0 Å². The first-order valence-electron chi connectivity index (χ1n) is 5.79. The van der Waals surface area contributed by atoms with Crippen molar-refractivity contribution in [3.63, 3.8) is 0 Å². The third-order valence-electron chi connectivity index (χ3n) is 2.86. The predicted molar refractivity (Wildman–Crippen MR) is 80.3 cm³/mol. The van der Waals surface area contributed by atoms with Gasteiger partial charge in [0.25, 0.3) is 5.91 Å². The Morgan fingerprint density at radius 3 is 2.65 bits per heavy atom. The Kier molecular flexibility index (Phi) is 4.29. The fourth-order valence-electron chi connectivity index (χ4n) is 1.73. The average molecular weight is 305 g/mol. The van der Waals surface area contributed by atoms with Crippen LogP contribution in [0.1, 0.15) is 21.5 Å². The van der Waals surface area contributed by atoms with E-state index in [0.29, 0.717) is 32.4 Å². The van der Waals surface area contributed by atoms with Crippen LogP contribution in [0, 0.1) is 18.3 Å². The zero-order valence-electron chi connectivity index (χ0n) is 10.6. The molecule has 3 nitrogen and oxygen atoms in total. The molecule has 0 fully saturated rings. The summed E-state index contributed by atoms with van der Waals surface area (Å²) in [6.07, 6.45) is 0. The lowest BCUT2D eigenvalue weighted by Gasteiger charge is -2.10. The number of hydrogen-bond acceptors (Lipinski definition) is 2. The van der Waals surface area contributed by atoms with Crippen LogP contribution in [-0.2, 0) is 0 Å². The number of rotatable bonds is 2. The lowest BCUT2D eigenvalue weighted by molar-refractivity contribution is 0.102. The van der Waals surface area contributed by atoms with E-state index in [-0.39, 0.29) is 5.91 Å². The molecule has 2 aromatic carbocycles. The maximum Gasteiger partial charge on any atom is 0.256 e. The second-order valence-electron chi connectivity index (χ2n) is 4.17. The average Bonchev–Trinajstić information content (AvgIpc) is 2.44. The quantitative estimate of drug-likeness (QED) is 0.892. The summed E-state index contributed by atoms with van der Waals surface area (Å²) in [5.41, 5.74) is 1.98. The van der Waals surface area contributed by atoms with Gasteiger partial charge in [-0.25, -0.2) is 0 Å². The highest BCUT2D eigenvalue weighted by Gasteiger charge is 2.13. The summed E-state index contributed by atoms with van der Waals surface area (Å²) in [7, 11) is 0. The fourth-order valence-corrected chi connectivity index (χ4v) is 2.07. The number of nitrogens with one attached hydrogen (secondary N) is 1. The van der Waals surface area contributed by atoms with E-state index in [0.717, 1.165) is 0 Å². The van der Waals surface area contributed by atoms with E-state index in [4.69, 9.17) is 28.5 Å². The van der Waals surface area contributed by atoms with Gasteiger partial charge in [0.2, 0.25) is 0 Å². The van der Waals surface area contributed by atoms with Crippen LogP contribution < -0.4 is 5.32 Å². The molecule has 2 aromatic rings. The van der Waals surface area contributed by atoms with Gasteiger partial charge < -0.3 is 5.32 Å². The highest BCUT2D eigenvalue weighted by Crippen LogP contribution is 2.25. The van der Waals surface area contributed by atoms with Crippen molar-refractivity contribution in [1.82, 2.24) is 0 Å². The van der Waals surface area contributed by atoms with Gasteiger partial charge in [0.05, 0.1) is 22.3 Å². The summed E-state index contributed by atoms with van der Waals surface area (Å²) < 4.78 is 0. The SMILES string of the molecule is Cc1c(Cl)cccc1C(=O)Nc1cc(C#N)ccc1Cl. The summed E-state index contributed by atoms with van der Waals surface area (Å²) >= 11 is 12.0. The standard InChI is InChI=1S/C15H10Cl2N2O/c1-9-11(3-2-4-12(9)16)15(20)19-14-7-10(8-18)5-6-13(14)17/h2-7H,1H3,(H,19,20). The second-order valence-corrected chi connectivity index (χ2v) is 4.99. The first-order valence-corrected chi connectivity index (χ1v) is 6.54. The normalized spacial score (nSPS) is 9.90. The summed E-state index contributed by atoms with van der Waals surface area (Å²) in [5.74, 6) is -0.318. The lowest BCUT2D eigenvalue weighted by atomic mass is 10.1. The molecule has 5 heteroatoms. The van der Waals surface area contributed by atoms with Crippen LogP contribution in [0.4, 0.5) is 5.69 Å². The van der Waals surface area contributed by atoms with E-state index in [9.17, 15) is 4.79 Å². The zero-order chi connectivity index (χ0) is 14.7. The number of nitriles is 1. The first kappa shape index (κ1) is 14.4. The number of amides is 1. The Labute approximate surface area is 126 Å². The second kappa shape index (κ2) is 5.96. The molecule has 0 aliphatic carbocycles. The Morgan fingerprint density at radius 2 is 1.95 bits per heavy atom. The first-order chi connectivity index (χ1) is 9.52. The van der Waals surface area contributed by atoms with Gasteiger partial charge in [0, 0.05) is 10.6 Å². The van der Waals surface area contributed by atoms with Gasteiger partial charge >= 0.3 is 0 Å². The number of carbonyl (C=O) groups is 1. The van der Waals surface area contributed by atoms with Gasteiger partial charge in [0.15, 0.2) is 0 Å². The van der Waals surface area contributed by atoms with Gasteiger partial charge in [-0.1, -0.05) is 29.3 Å². The molecule has 0 saturated heterocycles. The van der Waals surface area contributed by atoms with Crippen molar-refractivity contribution in [3.05, 3.63) is 63.1 Å². The molecule has 1 N–H and O–H groups in total. The summed E-state index contributed by atoms with van der Waals surface area (Å²) in [6, 6.07) is 11.8. The number of hydrogen-bond donors (Lipinski definition) is 1. The Morgan fingerprint density at radius 1 is 1.20 bits per heavy atom. The highest BCUT2D eigenvalue weighted by molar-refractivity contribution is 6.34. The van der Waals surface area contributed by atoms with Crippen molar-refractivity contribution in [2.75, 3.05) is 5.32 Å². The van der Waals surface area contributed by atoms with Gasteiger partial charge in [-0.15, -0.1) is 0 Å². The fraction of sp³-hybridized carbons (Fsp3) is 0.0667. The van der Waals surface area contributed by atoms with E-state index in [1.165, 1.54) is 6.07 Å². The van der Waals surface area contributed by atoms with Crippen molar-refractivity contribution in [1.29, 1.82) is 5.26 Å². The Hall–Kier alpha value is -2.02. The smallest absolute Gasteiger partial charge is 0.256 e. The van der Waals surface area contributed by atoms with Crippen LogP contribution in [0.5, 0.6) is 0 Å². The topological polar surface area (TPSA) is 52.9 Å². The summed E-state index contributed by atoms with van der Waals surface area (Å²) in [5, 5.41) is 12.4. The van der Waals surface area contributed by atoms with Crippen molar-refractivity contribution < 1.29 is 4.79 Å². The van der Waals surface area contributed by atoms with Crippen LogP contribution in [0.25, 0.3) is 0 Å². The molecule has 0 atom stereocenters. The maximum absolute atomic E-state index is 12.2. The van der Waals surface area contributed by atoms with Crippen LogP contribution in [0.15, 0.2) is 36.4 Å². The number of halogens is 2. The molecule has 2 rings (SSSR count). The van der Waals surface area contributed by atoms with Gasteiger partial charge in [-0.3, -0.25) is 4.79 Å². The monoisotopic (exact) mass is 304 g/mol. The zero-order valence-corrected chi connectivity index (χ0v) is 12.1. The molecule has 20 heavy (non-hydrogen) atoms. The maximum atomic E-state index is 12.2. The molecule has 0 aromatic heterocycles. The number of nitrogens with zero attached hydrogens (tertiary/aromatic N) is 1. The largest absolute Gasteiger partial charge is 0.321 e. The molecule has 0 spiro atoms. The van der Waals surface area contributed by atoms with Crippen molar-refractivity contribution in [3.8, 4) is 6.07 Å². The third-order valence-corrected chi connectivity index (χ3v) is 3.60. The minimum absolute atomic E-state index is 0.318. The Balaban J connectivity index is 2.33. The molecule has 0 bridgehead atoms. The summed E-state index contributed by atoms with van der Waals surface area (Å²) in [4.78, 5) is 12.2. The van der Waals surface area contributed by atoms with Crippen LogP contribution in [0.2, 0.25) is 10.0 Å². The molecular weight excluding hydrogens is 295 g/mol. The van der Waals surface area contributed by atoms with Crippen molar-refractivity contribution >= 4 is 34.8 Å². The van der Waals surface area contributed by atoms with E-state index in [1.807, 2.05) is 6.07 Å². The van der Waals surface area contributed by atoms with Crippen molar-refractivity contribution in [2.45, 2.75) is 6.92 Å². The molecule has 1 amide bonds. The minimum atomic E-state index is -0.318. The van der Waals surface area contributed by atoms with E-state index < -0.39 is 0 Å². The number of benzene rings is 2. The Bertz CT molecular complexity index is 720.